The van der Waals surface area contributed by atoms with Gasteiger partial charge in [-0.1, -0.05) is 13.8 Å². The number of aromatic nitrogens is 2. The monoisotopic (exact) mass is 277 g/mol. The van der Waals surface area contributed by atoms with E-state index in [4.69, 9.17) is 0 Å². The van der Waals surface area contributed by atoms with Crippen LogP contribution in [0.1, 0.15) is 26.5 Å². The van der Waals surface area contributed by atoms with Gasteiger partial charge < -0.3 is 10.1 Å². The van der Waals surface area contributed by atoms with Gasteiger partial charge in [-0.25, -0.2) is 0 Å². The fourth-order valence-electron chi connectivity index (χ4n) is 1.24. The highest BCUT2D eigenvalue weighted by molar-refractivity contribution is 5.11. The summed E-state index contributed by atoms with van der Waals surface area (Å²) < 4.78 is 41.5. The summed E-state index contributed by atoms with van der Waals surface area (Å²) in [6, 6.07) is 2.99. The van der Waals surface area contributed by atoms with Crippen molar-refractivity contribution in [2.45, 2.75) is 39.6 Å². The molecule has 0 saturated heterocycles. The zero-order valence-corrected chi connectivity index (χ0v) is 11.2. The number of nitrogens with one attached hydrogen (secondary N) is 1. The average molecular weight is 277 g/mol. The van der Waals surface area contributed by atoms with Crippen LogP contribution in [0.25, 0.3) is 0 Å². The standard InChI is InChI=1S/C12H18F3N3O/c1-8(2)6-16-7-10-4-5-11(18-17-10)19-9(3)12(13,14)15/h4-5,8-9,16H,6-7H2,1-3H3. The molecule has 1 atom stereocenters. The summed E-state index contributed by atoms with van der Waals surface area (Å²) in [5.41, 5.74) is 0.660. The van der Waals surface area contributed by atoms with Crippen molar-refractivity contribution < 1.29 is 17.9 Å². The summed E-state index contributed by atoms with van der Waals surface area (Å²) >= 11 is 0. The lowest BCUT2D eigenvalue weighted by Gasteiger charge is -2.16. The molecule has 0 aliphatic rings. The van der Waals surface area contributed by atoms with Gasteiger partial charge in [-0.2, -0.15) is 18.3 Å². The smallest absolute Gasteiger partial charge is 0.425 e. The average Bonchev–Trinajstić information content (AvgIpc) is 2.29. The molecule has 1 unspecified atom stereocenters. The van der Waals surface area contributed by atoms with Gasteiger partial charge in [0.15, 0.2) is 6.10 Å². The lowest BCUT2D eigenvalue weighted by Crippen LogP contribution is -2.31. The Kier molecular flexibility index (Phi) is 5.53. The second kappa shape index (κ2) is 6.70. The predicted molar refractivity (Wildman–Crippen MR) is 64.7 cm³/mol. The van der Waals surface area contributed by atoms with Gasteiger partial charge in [0, 0.05) is 12.6 Å². The maximum absolute atomic E-state index is 12.3. The molecule has 0 aliphatic carbocycles. The Morgan fingerprint density at radius 3 is 2.37 bits per heavy atom. The zero-order valence-electron chi connectivity index (χ0n) is 11.2. The maximum atomic E-state index is 12.3. The van der Waals surface area contributed by atoms with E-state index < -0.39 is 12.3 Å². The van der Waals surface area contributed by atoms with E-state index in [2.05, 4.69) is 34.1 Å². The third kappa shape index (κ3) is 5.87. The van der Waals surface area contributed by atoms with E-state index in [1.165, 1.54) is 6.07 Å². The van der Waals surface area contributed by atoms with Crippen molar-refractivity contribution in [1.82, 2.24) is 15.5 Å². The van der Waals surface area contributed by atoms with Crippen molar-refractivity contribution in [3.63, 3.8) is 0 Å². The Morgan fingerprint density at radius 2 is 1.89 bits per heavy atom. The Hall–Kier alpha value is -1.37. The molecule has 19 heavy (non-hydrogen) atoms. The normalized spacial score (nSPS) is 13.6. The molecule has 0 aliphatic heterocycles. The SMILES string of the molecule is CC(C)CNCc1ccc(OC(C)C(F)(F)F)nn1. The van der Waals surface area contributed by atoms with E-state index in [9.17, 15) is 13.2 Å². The summed E-state index contributed by atoms with van der Waals surface area (Å²) in [5, 5.41) is 10.6. The van der Waals surface area contributed by atoms with Gasteiger partial charge in [0.2, 0.25) is 5.88 Å². The summed E-state index contributed by atoms with van der Waals surface area (Å²) in [6.45, 7) is 6.45. The van der Waals surface area contributed by atoms with Crippen LogP contribution in [0, 0.1) is 5.92 Å². The van der Waals surface area contributed by atoms with Gasteiger partial charge in [0.05, 0.1) is 5.69 Å². The molecular weight excluding hydrogens is 259 g/mol. The van der Waals surface area contributed by atoms with E-state index >= 15 is 0 Å². The van der Waals surface area contributed by atoms with Crippen LogP contribution in [-0.2, 0) is 6.54 Å². The highest BCUT2D eigenvalue weighted by Crippen LogP contribution is 2.23. The molecule has 1 N–H and O–H groups in total. The minimum absolute atomic E-state index is 0.127. The molecule has 1 aromatic rings. The third-order valence-electron chi connectivity index (χ3n) is 2.31. The second-order valence-corrected chi connectivity index (χ2v) is 4.69. The van der Waals surface area contributed by atoms with Crippen molar-refractivity contribution in [2.24, 2.45) is 5.92 Å². The van der Waals surface area contributed by atoms with Crippen molar-refractivity contribution in [3.05, 3.63) is 17.8 Å². The van der Waals surface area contributed by atoms with Gasteiger partial charge >= 0.3 is 6.18 Å². The summed E-state index contributed by atoms with van der Waals surface area (Å²) in [4.78, 5) is 0. The minimum atomic E-state index is -4.40. The Morgan fingerprint density at radius 1 is 1.21 bits per heavy atom. The van der Waals surface area contributed by atoms with Crippen LogP contribution in [0.15, 0.2) is 12.1 Å². The summed E-state index contributed by atoms with van der Waals surface area (Å²) in [5.74, 6) is 0.389. The largest absolute Gasteiger partial charge is 0.464 e. The number of hydrogen-bond acceptors (Lipinski definition) is 4. The van der Waals surface area contributed by atoms with Crippen molar-refractivity contribution in [1.29, 1.82) is 0 Å². The minimum Gasteiger partial charge on any atom is -0.464 e. The van der Waals surface area contributed by atoms with Crippen LogP contribution in [0.5, 0.6) is 5.88 Å². The van der Waals surface area contributed by atoms with Crippen LogP contribution in [0.3, 0.4) is 0 Å². The molecule has 0 saturated carbocycles. The number of alkyl halides is 3. The van der Waals surface area contributed by atoms with E-state index in [1.807, 2.05) is 0 Å². The molecule has 0 radical (unpaired) electrons. The zero-order chi connectivity index (χ0) is 14.5. The Balaban J connectivity index is 2.48. The molecule has 108 valence electrons. The van der Waals surface area contributed by atoms with Crippen LogP contribution in [0.4, 0.5) is 13.2 Å². The first-order chi connectivity index (χ1) is 8.79. The quantitative estimate of drug-likeness (QED) is 0.868. The van der Waals surface area contributed by atoms with Gasteiger partial charge in [-0.15, -0.1) is 5.10 Å². The molecule has 1 aromatic heterocycles. The molecule has 0 amide bonds. The van der Waals surface area contributed by atoms with E-state index in [0.29, 0.717) is 18.2 Å². The number of halogens is 3. The lowest BCUT2D eigenvalue weighted by molar-refractivity contribution is -0.190. The highest BCUT2D eigenvalue weighted by Gasteiger charge is 2.38. The number of rotatable bonds is 6. The first kappa shape index (κ1) is 15.7. The summed E-state index contributed by atoms with van der Waals surface area (Å²) in [6.07, 6.45) is -6.30. The van der Waals surface area contributed by atoms with Crippen LogP contribution < -0.4 is 10.1 Å². The van der Waals surface area contributed by atoms with Crippen molar-refractivity contribution in [3.8, 4) is 5.88 Å². The first-order valence-electron chi connectivity index (χ1n) is 6.05. The molecule has 7 heteroatoms. The molecule has 0 fully saturated rings. The lowest BCUT2D eigenvalue weighted by atomic mass is 10.2. The highest BCUT2D eigenvalue weighted by atomic mass is 19.4. The van der Waals surface area contributed by atoms with E-state index in [0.717, 1.165) is 13.5 Å². The predicted octanol–water partition coefficient (Wildman–Crippen LogP) is 2.55. The molecule has 4 nitrogen and oxygen atoms in total. The fourth-order valence-corrected chi connectivity index (χ4v) is 1.24. The number of nitrogens with zero attached hydrogens (tertiary/aromatic N) is 2. The topological polar surface area (TPSA) is 47.0 Å². The van der Waals surface area contributed by atoms with Crippen molar-refractivity contribution in [2.75, 3.05) is 6.54 Å². The van der Waals surface area contributed by atoms with Gasteiger partial charge in [-0.3, -0.25) is 0 Å². The molecule has 0 bridgehead atoms. The first-order valence-corrected chi connectivity index (χ1v) is 6.05. The van der Waals surface area contributed by atoms with E-state index in [-0.39, 0.29) is 5.88 Å². The van der Waals surface area contributed by atoms with Crippen LogP contribution in [0.2, 0.25) is 0 Å². The van der Waals surface area contributed by atoms with Gasteiger partial charge in [0.1, 0.15) is 0 Å². The summed E-state index contributed by atoms with van der Waals surface area (Å²) in [7, 11) is 0. The number of ether oxygens (including phenoxy) is 1. The molecular formula is C12H18F3N3O. The van der Waals surface area contributed by atoms with Gasteiger partial charge in [-0.05, 0) is 25.5 Å². The van der Waals surface area contributed by atoms with E-state index in [1.54, 1.807) is 6.07 Å². The molecule has 1 heterocycles. The third-order valence-corrected chi connectivity index (χ3v) is 2.31. The Labute approximate surface area is 110 Å². The molecule has 0 spiro atoms. The molecule has 1 rings (SSSR count). The maximum Gasteiger partial charge on any atom is 0.425 e. The van der Waals surface area contributed by atoms with Gasteiger partial charge in [0.25, 0.3) is 0 Å². The van der Waals surface area contributed by atoms with Crippen molar-refractivity contribution >= 4 is 0 Å². The molecule has 0 aromatic carbocycles. The number of hydrogen-bond donors (Lipinski definition) is 1. The fraction of sp³-hybridized carbons (Fsp3) is 0.667. The van der Waals surface area contributed by atoms with Crippen LogP contribution in [-0.4, -0.2) is 29.0 Å². The Bertz CT molecular complexity index is 379. The second-order valence-electron chi connectivity index (χ2n) is 4.69. The van der Waals surface area contributed by atoms with Crippen LogP contribution >= 0.6 is 0 Å².